The van der Waals surface area contributed by atoms with Crippen molar-refractivity contribution in [1.82, 2.24) is 10.2 Å². The zero-order valence-electron chi connectivity index (χ0n) is 16.6. The van der Waals surface area contributed by atoms with Crippen molar-refractivity contribution < 1.29 is 14.4 Å². The number of likely N-dealkylation sites (tertiary alicyclic amines) is 1. The number of rotatable bonds is 5. The van der Waals surface area contributed by atoms with E-state index in [1.54, 1.807) is 12.1 Å². The van der Waals surface area contributed by atoms with Crippen molar-refractivity contribution in [2.24, 2.45) is 17.6 Å². The molecule has 2 fully saturated rings. The lowest BCUT2D eigenvalue weighted by Crippen LogP contribution is -2.29. The van der Waals surface area contributed by atoms with Gasteiger partial charge in [-0.3, -0.25) is 19.7 Å². The van der Waals surface area contributed by atoms with Crippen LogP contribution in [0.25, 0.3) is 0 Å². The van der Waals surface area contributed by atoms with Crippen LogP contribution in [0.4, 0.5) is 0 Å². The number of nitrogens with two attached hydrogens (primary N) is 1. The van der Waals surface area contributed by atoms with Gasteiger partial charge in [0.2, 0.25) is 11.8 Å². The van der Waals surface area contributed by atoms with Crippen LogP contribution in [0.15, 0.2) is 54.6 Å². The summed E-state index contributed by atoms with van der Waals surface area (Å²) in [5, 5.41) is 2.33. The first-order valence-corrected chi connectivity index (χ1v) is 10.0. The molecule has 0 aromatic heterocycles. The number of nitrogens with one attached hydrogen (secondary N) is 1. The van der Waals surface area contributed by atoms with Gasteiger partial charge in [0.05, 0.1) is 5.92 Å². The van der Waals surface area contributed by atoms with Gasteiger partial charge in [0.1, 0.15) is 0 Å². The molecule has 0 spiro atoms. The fourth-order valence-corrected chi connectivity index (χ4v) is 4.38. The van der Waals surface area contributed by atoms with Crippen molar-refractivity contribution in [3.63, 3.8) is 0 Å². The second-order valence-corrected chi connectivity index (χ2v) is 7.94. The van der Waals surface area contributed by atoms with E-state index in [1.165, 1.54) is 5.56 Å². The molecule has 3 atom stereocenters. The topological polar surface area (TPSA) is 92.5 Å². The minimum absolute atomic E-state index is 0. The highest BCUT2D eigenvalue weighted by Gasteiger charge is 2.35. The summed E-state index contributed by atoms with van der Waals surface area (Å²) in [5.74, 6) is -0.251. The lowest BCUT2D eigenvalue weighted by Gasteiger charge is -2.17. The van der Waals surface area contributed by atoms with Crippen molar-refractivity contribution in [3.05, 3.63) is 71.3 Å². The highest BCUT2D eigenvalue weighted by molar-refractivity contribution is 6.03. The number of halogens is 1. The quantitative estimate of drug-likeness (QED) is 0.715. The second-order valence-electron chi connectivity index (χ2n) is 7.94. The Morgan fingerprint density at radius 2 is 1.73 bits per heavy atom. The molecule has 2 aliphatic rings. The van der Waals surface area contributed by atoms with Crippen LogP contribution in [0.5, 0.6) is 0 Å². The molecule has 1 unspecified atom stereocenters. The molecule has 6 nitrogen and oxygen atoms in total. The normalized spacial score (nSPS) is 23.2. The van der Waals surface area contributed by atoms with Crippen LogP contribution >= 0.6 is 12.4 Å². The standard InChI is InChI=1S/C23H25N3O3.ClH/c24-12-19-13-26(14-20(19)16-4-2-1-3-5-16)23(29)17-8-6-15(7-9-17)10-18-11-21(27)25-22(18)28;/h1-9,18-20H,10-14,24H2,(H,25,27,28);1H/t18?,19-,20+;/m1./s1. The van der Waals surface area contributed by atoms with E-state index in [9.17, 15) is 14.4 Å². The number of imide groups is 1. The number of hydrogen-bond acceptors (Lipinski definition) is 4. The van der Waals surface area contributed by atoms with Crippen molar-refractivity contribution >= 4 is 30.1 Å². The average Bonchev–Trinajstić information content (AvgIpc) is 3.31. The average molecular weight is 428 g/mol. The van der Waals surface area contributed by atoms with Crippen molar-refractivity contribution in [2.45, 2.75) is 18.8 Å². The lowest BCUT2D eigenvalue weighted by molar-refractivity contribution is -0.125. The van der Waals surface area contributed by atoms with Crippen LogP contribution in [0, 0.1) is 11.8 Å². The zero-order chi connectivity index (χ0) is 20.4. The molecule has 2 aromatic carbocycles. The second kappa shape index (κ2) is 9.41. The Kier molecular flexibility index (Phi) is 6.90. The predicted molar refractivity (Wildman–Crippen MR) is 116 cm³/mol. The Balaban J connectivity index is 0.00000256. The predicted octanol–water partition coefficient (Wildman–Crippen LogP) is 2.13. The summed E-state index contributed by atoms with van der Waals surface area (Å²) < 4.78 is 0. The highest BCUT2D eigenvalue weighted by Crippen LogP contribution is 2.32. The number of amides is 3. The maximum atomic E-state index is 13.0. The van der Waals surface area contributed by atoms with Gasteiger partial charge in [-0.15, -0.1) is 12.4 Å². The molecule has 2 heterocycles. The van der Waals surface area contributed by atoms with Crippen LogP contribution in [0.2, 0.25) is 0 Å². The molecule has 2 aliphatic heterocycles. The monoisotopic (exact) mass is 427 g/mol. The minimum atomic E-state index is -0.320. The third-order valence-corrected chi connectivity index (χ3v) is 6.01. The molecular weight excluding hydrogens is 402 g/mol. The summed E-state index contributed by atoms with van der Waals surface area (Å²) >= 11 is 0. The van der Waals surface area contributed by atoms with Gasteiger partial charge in [-0.1, -0.05) is 42.5 Å². The lowest BCUT2D eigenvalue weighted by atomic mass is 9.89. The maximum Gasteiger partial charge on any atom is 0.253 e. The molecule has 158 valence electrons. The number of hydrogen-bond donors (Lipinski definition) is 2. The molecular formula is C23H26ClN3O3. The molecule has 30 heavy (non-hydrogen) atoms. The number of nitrogens with zero attached hydrogens (tertiary/aromatic N) is 1. The summed E-state index contributed by atoms with van der Waals surface area (Å²) in [6, 6.07) is 17.6. The van der Waals surface area contributed by atoms with E-state index in [0.29, 0.717) is 31.6 Å². The van der Waals surface area contributed by atoms with Crippen molar-refractivity contribution in [3.8, 4) is 0 Å². The minimum Gasteiger partial charge on any atom is -0.338 e. The summed E-state index contributed by atoms with van der Waals surface area (Å²) in [6.45, 7) is 1.86. The van der Waals surface area contributed by atoms with E-state index < -0.39 is 0 Å². The van der Waals surface area contributed by atoms with Crippen LogP contribution in [-0.2, 0) is 16.0 Å². The summed E-state index contributed by atoms with van der Waals surface area (Å²) in [5.41, 5.74) is 8.78. The molecule has 3 N–H and O–H groups in total. The molecule has 2 aromatic rings. The van der Waals surface area contributed by atoms with E-state index in [2.05, 4.69) is 17.4 Å². The van der Waals surface area contributed by atoms with Gasteiger partial charge in [-0.05, 0) is 42.1 Å². The van der Waals surface area contributed by atoms with Crippen molar-refractivity contribution in [1.29, 1.82) is 0 Å². The Hall–Kier alpha value is -2.70. The van der Waals surface area contributed by atoms with Gasteiger partial charge in [0.25, 0.3) is 5.91 Å². The van der Waals surface area contributed by atoms with E-state index in [1.807, 2.05) is 35.2 Å². The number of carbonyl (C=O) groups excluding carboxylic acids is 3. The Bertz CT molecular complexity index is 917. The fraction of sp³-hybridized carbons (Fsp3) is 0.348. The third-order valence-electron chi connectivity index (χ3n) is 6.01. The summed E-state index contributed by atoms with van der Waals surface area (Å²) in [7, 11) is 0. The summed E-state index contributed by atoms with van der Waals surface area (Å²) in [6.07, 6.45) is 0.732. The number of carbonyl (C=O) groups is 3. The molecule has 0 radical (unpaired) electrons. The van der Waals surface area contributed by atoms with Crippen LogP contribution < -0.4 is 11.1 Å². The van der Waals surface area contributed by atoms with Gasteiger partial charge >= 0.3 is 0 Å². The fourth-order valence-electron chi connectivity index (χ4n) is 4.38. The Morgan fingerprint density at radius 3 is 2.33 bits per heavy atom. The third kappa shape index (κ3) is 4.55. The first-order valence-electron chi connectivity index (χ1n) is 10.0. The van der Waals surface area contributed by atoms with E-state index >= 15 is 0 Å². The van der Waals surface area contributed by atoms with Gasteiger partial charge in [0, 0.05) is 31.0 Å². The smallest absolute Gasteiger partial charge is 0.253 e. The molecule has 0 aliphatic carbocycles. The largest absolute Gasteiger partial charge is 0.338 e. The first kappa shape index (κ1) is 22.0. The molecule has 0 saturated carbocycles. The van der Waals surface area contributed by atoms with Crippen molar-refractivity contribution in [2.75, 3.05) is 19.6 Å². The van der Waals surface area contributed by atoms with E-state index in [-0.39, 0.29) is 54.3 Å². The van der Waals surface area contributed by atoms with E-state index in [0.717, 1.165) is 5.56 Å². The molecule has 2 saturated heterocycles. The summed E-state index contributed by atoms with van der Waals surface area (Å²) in [4.78, 5) is 38.0. The zero-order valence-corrected chi connectivity index (χ0v) is 17.4. The molecule has 7 heteroatoms. The number of benzene rings is 2. The molecule has 3 amide bonds. The highest BCUT2D eigenvalue weighted by atomic mass is 35.5. The first-order chi connectivity index (χ1) is 14.0. The molecule has 4 rings (SSSR count). The van der Waals surface area contributed by atoms with E-state index in [4.69, 9.17) is 5.73 Å². The molecule has 0 bridgehead atoms. The Labute approximate surface area is 182 Å². The maximum absolute atomic E-state index is 13.0. The van der Waals surface area contributed by atoms with Gasteiger partial charge in [-0.2, -0.15) is 0 Å². The van der Waals surface area contributed by atoms with Gasteiger partial charge in [0.15, 0.2) is 0 Å². The van der Waals surface area contributed by atoms with Gasteiger partial charge < -0.3 is 10.6 Å². The van der Waals surface area contributed by atoms with Crippen LogP contribution in [0.3, 0.4) is 0 Å². The van der Waals surface area contributed by atoms with Gasteiger partial charge in [-0.25, -0.2) is 0 Å². The SMILES string of the molecule is Cl.NC[C@@H]1CN(C(=O)c2ccc(CC3CC(=O)NC3=O)cc2)C[C@H]1c1ccccc1. The van der Waals surface area contributed by atoms with Crippen LogP contribution in [-0.4, -0.2) is 42.3 Å². The Morgan fingerprint density at radius 1 is 1.03 bits per heavy atom. The van der Waals surface area contributed by atoms with Crippen LogP contribution in [0.1, 0.15) is 33.8 Å².